The van der Waals surface area contributed by atoms with Gasteiger partial charge in [-0.05, 0) is 53.6 Å². The molecule has 0 radical (unpaired) electrons. The summed E-state index contributed by atoms with van der Waals surface area (Å²) in [6.07, 6.45) is 1.67. The van der Waals surface area contributed by atoms with E-state index >= 15 is 0 Å². The summed E-state index contributed by atoms with van der Waals surface area (Å²) in [5.74, 6) is -0.0695. The van der Waals surface area contributed by atoms with Crippen LogP contribution >= 0.6 is 0 Å². The zero-order valence-electron chi connectivity index (χ0n) is 21.8. The largest absolute Gasteiger partial charge is 0.484 e. The van der Waals surface area contributed by atoms with Crippen LogP contribution in [0.5, 0.6) is 5.75 Å². The molecule has 0 atom stereocenters. The molecule has 0 spiro atoms. The highest BCUT2D eigenvalue weighted by molar-refractivity contribution is 7.89. The normalized spacial score (nSPS) is 15.0. The van der Waals surface area contributed by atoms with Crippen molar-refractivity contribution in [3.63, 3.8) is 0 Å². The Morgan fingerprint density at radius 1 is 0.805 bits per heavy atom. The van der Waals surface area contributed by atoms with Gasteiger partial charge in [0.05, 0.1) is 10.5 Å². The molecule has 1 aliphatic heterocycles. The molecule has 1 heterocycles. The van der Waals surface area contributed by atoms with Crippen molar-refractivity contribution in [2.24, 2.45) is 0 Å². The second kappa shape index (κ2) is 13.0. The number of alkyl halides is 3. The lowest BCUT2D eigenvalue weighted by atomic mass is 10.1. The number of sulfonamides is 1. The van der Waals surface area contributed by atoms with Gasteiger partial charge in [0.2, 0.25) is 10.0 Å². The van der Waals surface area contributed by atoms with Crippen LogP contribution in [0.2, 0.25) is 0 Å². The van der Waals surface area contributed by atoms with Crippen LogP contribution in [-0.2, 0) is 25.8 Å². The summed E-state index contributed by atoms with van der Waals surface area (Å²) in [5, 5.41) is 0. The van der Waals surface area contributed by atoms with E-state index in [4.69, 9.17) is 4.74 Å². The van der Waals surface area contributed by atoms with Gasteiger partial charge in [-0.1, -0.05) is 60.7 Å². The van der Waals surface area contributed by atoms with Crippen molar-refractivity contribution < 1.29 is 35.9 Å². The quantitative estimate of drug-likeness (QED) is 0.334. The molecule has 0 unspecified atom stereocenters. The standard InChI is InChI=1S/C30H27F3N2O5S/c31-30(32,33)25-7-4-8-28(21-25)41(38,39)35-19-17-34(18-20-35)29(37)22-40-27-15-11-24(12-16-27)10-14-26(36)13-9-23-5-2-1-3-6-23/h1-16,21H,17-20,22H2. The van der Waals surface area contributed by atoms with Gasteiger partial charge in [-0.15, -0.1) is 0 Å². The Hall–Kier alpha value is -4.22. The number of nitrogens with zero attached hydrogens (tertiary/aromatic N) is 2. The van der Waals surface area contributed by atoms with Gasteiger partial charge in [0.15, 0.2) is 12.4 Å². The first-order chi connectivity index (χ1) is 19.5. The molecule has 0 N–H and O–H groups in total. The Kier molecular flexibility index (Phi) is 9.41. The van der Waals surface area contributed by atoms with Crippen LogP contribution in [0, 0.1) is 0 Å². The van der Waals surface area contributed by atoms with Crippen LogP contribution in [-0.4, -0.2) is 62.1 Å². The number of carbonyl (C=O) groups excluding carboxylic acids is 2. The summed E-state index contributed by atoms with van der Waals surface area (Å²) < 4.78 is 71.4. The second-order valence-electron chi connectivity index (χ2n) is 9.15. The van der Waals surface area contributed by atoms with Crippen molar-refractivity contribution in [1.82, 2.24) is 9.21 Å². The van der Waals surface area contributed by atoms with Crippen LogP contribution in [0.1, 0.15) is 16.7 Å². The van der Waals surface area contributed by atoms with Crippen LogP contribution in [0.25, 0.3) is 12.2 Å². The molecule has 41 heavy (non-hydrogen) atoms. The predicted molar refractivity (Wildman–Crippen MR) is 148 cm³/mol. The van der Waals surface area contributed by atoms with Crippen molar-refractivity contribution in [3.05, 3.63) is 108 Å². The fraction of sp³-hybridized carbons (Fsp3) is 0.200. The number of ketones is 1. The number of piperazine rings is 1. The van der Waals surface area contributed by atoms with Crippen molar-refractivity contribution >= 4 is 33.9 Å². The van der Waals surface area contributed by atoms with Crippen molar-refractivity contribution in [2.45, 2.75) is 11.1 Å². The third-order valence-electron chi connectivity index (χ3n) is 6.31. The molecule has 3 aromatic rings. The van der Waals surface area contributed by atoms with Gasteiger partial charge in [0, 0.05) is 26.2 Å². The maximum atomic E-state index is 13.0. The lowest BCUT2D eigenvalue weighted by molar-refractivity contribution is -0.138. The summed E-state index contributed by atoms with van der Waals surface area (Å²) in [5.41, 5.74) is 0.647. The lowest BCUT2D eigenvalue weighted by Gasteiger charge is -2.34. The van der Waals surface area contributed by atoms with E-state index in [-0.39, 0.29) is 44.5 Å². The van der Waals surface area contributed by atoms with Crippen LogP contribution in [0.4, 0.5) is 13.2 Å². The molecule has 11 heteroatoms. The fourth-order valence-electron chi connectivity index (χ4n) is 4.05. The molecule has 4 rings (SSSR count). The molecule has 7 nitrogen and oxygen atoms in total. The van der Waals surface area contributed by atoms with Crippen LogP contribution < -0.4 is 4.74 Å². The van der Waals surface area contributed by atoms with E-state index in [0.29, 0.717) is 11.8 Å². The molecule has 0 saturated carbocycles. The first-order valence-electron chi connectivity index (χ1n) is 12.7. The highest BCUT2D eigenvalue weighted by Gasteiger charge is 2.34. The van der Waals surface area contributed by atoms with E-state index in [9.17, 15) is 31.2 Å². The lowest BCUT2D eigenvalue weighted by Crippen LogP contribution is -2.51. The first-order valence-corrected chi connectivity index (χ1v) is 14.1. The molecule has 1 fully saturated rings. The number of ether oxygens (including phenoxy) is 1. The predicted octanol–water partition coefficient (Wildman–Crippen LogP) is 4.91. The minimum absolute atomic E-state index is 0.0510. The Morgan fingerprint density at radius 2 is 1.41 bits per heavy atom. The van der Waals surface area contributed by atoms with E-state index in [1.54, 1.807) is 36.4 Å². The molecular weight excluding hydrogens is 557 g/mol. The van der Waals surface area contributed by atoms with E-state index in [1.807, 2.05) is 30.3 Å². The summed E-state index contributed by atoms with van der Waals surface area (Å²) in [6, 6.07) is 19.9. The van der Waals surface area contributed by atoms with Gasteiger partial charge in [0.1, 0.15) is 5.75 Å². The Morgan fingerprint density at radius 3 is 2.02 bits per heavy atom. The molecule has 214 valence electrons. The highest BCUT2D eigenvalue weighted by Crippen LogP contribution is 2.31. The van der Waals surface area contributed by atoms with E-state index in [1.165, 1.54) is 17.1 Å². The monoisotopic (exact) mass is 584 g/mol. The SMILES string of the molecule is O=C(C=Cc1ccccc1)C=Cc1ccc(OCC(=O)N2CCN(S(=O)(=O)c3cccc(C(F)(F)F)c3)CC2)cc1. The van der Waals surface area contributed by atoms with E-state index in [2.05, 4.69) is 0 Å². The Bertz CT molecular complexity index is 1530. The summed E-state index contributed by atoms with van der Waals surface area (Å²) in [4.78, 5) is 25.7. The van der Waals surface area contributed by atoms with Gasteiger partial charge in [-0.3, -0.25) is 9.59 Å². The van der Waals surface area contributed by atoms with Crippen molar-refractivity contribution in [2.75, 3.05) is 32.8 Å². The van der Waals surface area contributed by atoms with E-state index in [0.717, 1.165) is 33.6 Å². The van der Waals surface area contributed by atoms with Crippen LogP contribution in [0.3, 0.4) is 0 Å². The number of amides is 1. The van der Waals surface area contributed by atoms with Crippen molar-refractivity contribution in [3.8, 4) is 5.75 Å². The molecule has 0 bridgehead atoms. The van der Waals surface area contributed by atoms with Crippen molar-refractivity contribution in [1.29, 1.82) is 0 Å². The maximum Gasteiger partial charge on any atom is 0.416 e. The Labute approximate surface area is 236 Å². The molecule has 1 saturated heterocycles. The summed E-state index contributed by atoms with van der Waals surface area (Å²) >= 11 is 0. The Balaban J connectivity index is 1.24. The molecule has 3 aromatic carbocycles. The molecule has 0 aliphatic carbocycles. The zero-order valence-corrected chi connectivity index (χ0v) is 22.6. The highest BCUT2D eigenvalue weighted by atomic mass is 32.2. The molecular formula is C30H27F3N2O5S. The van der Waals surface area contributed by atoms with Gasteiger partial charge >= 0.3 is 6.18 Å². The number of benzene rings is 3. The minimum Gasteiger partial charge on any atom is -0.484 e. The van der Waals surface area contributed by atoms with E-state index < -0.39 is 26.7 Å². The maximum absolute atomic E-state index is 13.0. The third kappa shape index (κ3) is 8.15. The third-order valence-corrected chi connectivity index (χ3v) is 8.21. The minimum atomic E-state index is -4.66. The number of hydrogen-bond donors (Lipinski definition) is 0. The summed E-state index contributed by atoms with van der Waals surface area (Å²) in [7, 11) is -4.15. The van der Waals surface area contributed by atoms with Gasteiger partial charge in [-0.25, -0.2) is 8.42 Å². The smallest absolute Gasteiger partial charge is 0.416 e. The fourth-order valence-corrected chi connectivity index (χ4v) is 5.52. The van der Waals surface area contributed by atoms with Gasteiger partial charge < -0.3 is 9.64 Å². The number of rotatable bonds is 9. The number of allylic oxidation sites excluding steroid dienone is 2. The second-order valence-corrected chi connectivity index (χ2v) is 11.1. The average Bonchev–Trinajstić information content (AvgIpc) is 2.98. The molecule has 1 aliphatic rings. The van der Waals surface area contributed by atoms with Gasteiger partial charge in [-0.2, -0.15) is 17.5 Å². The van der Waals surface area contributed by atoms with Crippen LogP contribution in [0.15, 0.2) is 95.9 Å². The molecule has 0 aromatic heterocycles. The number of halogens is 3. The summed E-state index contributed by atoms with van der Waals surface area (Å²) in [6.45, 7) is -0.207. The number of carbonyl (C=O) groups is 2. The van der Waals surface area contributed by atoms with Gasteiger partial charge in [0.25, 0.3) is 5.91 Å². The number of hydrogen-bond acceptors (Lipinski definition) is 5. The first kappa shape index (κ1) is 29.8. The average molecular weight is 585 g/mol. The topological polar surface area (TPSA) is 84.0 Å². The zero-order chi connectivity index (χ0) is 29.5. The molecule has 1 amide bonds.